The van der Waals surface area contributed by atoms with Gasteiger partial charge in [0.2, 0.25) is 0 Å². The first kappa shape index (κ1) is 10.1. The van der Waals surface area contributed by atoms with Crippen molar-refractivity contribution in [2.75, 3.05) is 18.4 Å². The van der Waals surface area contributed by atoms with Gasteiger partial charge in [-0.1, -0.05) is 0 Å². The molecular formula is C12H15N3S. The Kier molecular flexibility index (Phi) is 2.33. The molecule has 0 bridgehead atoms. The highest BCUT2D eigenvalue weighted by atomic mass is 32.1. The van der Waals surface area contributed by atoms with Crippen LogP contribution in [0.15, 0.2) is 23.7 Å². The van der Waals surface area contributed by atoms with Gasteiger partial charge in [-0.05, 0) is 42.3 Å². The smallest absolute Gasteiger partial charge is 0.134 e. The first-order valence-corrected chi connectivity index (χ1v) is 6.47. The summed E-state index contributed by atoms with van der Waals surface area (Å²) in [6.07, 6.45) is 4.36. The number of rotatable bonds is 4. The third-order valence-corrected chi connectivity index (χ3v) is 4.28. The van der Waals surface area contributed by atoms with Crippen molar-refractivity contribution in [3.63, 3.8) is 0 Å². The Morgan fingerprint density at radius 3 is 3.06 bits per heavy atom. The first-order valence-electron chi connectivity index (χ1n) is 5.59. The van der Waals surface area contributed by atoms with Gasteiger partial charge in [-0.2, -0.15) is 0 Å². The fourth-order valence-corrected chi connectivity index (χ4v) is 2.72. The van der Waals surface area contributed by atoms with E-state index < -0.39 is 0 Å². The molecule has 3 N–H and O–H groups in total. The molecule has 0 radical (unpaired) electrons. The quantitative estimate of drug-likeness (QED) is 0.853. The van der Waals surface area contributed by atoms with Gasteiger partial charge in [-0.3, -0.25) is 0 Å². The lowest BCUT2D eigenvalue weighted by atomic mass is 10.1. The van der Waals surface area contributed by atoms with Gasteiger partial charge < -0.3 is 11.1 Å². The van der Waals surface area contributed by atoms with E-state index in [1.807, 2.05) is 6.20 Å². The molecule has 4 heteroatoms. The zero-order chi connectivity index (χ0) is 11.0. The van der Waals surface area contributed by atoms with Crippen LogP contribution in [0.4, 0.5) is 5.82 Å². The Hall–Kier alpha value is -1.13. The van der Waals surface area contributed by atoms with Crippen LogP contribution in [-0.2, 0) is 0 Å². The Bertz CT molecular complexity index is 502. The molecule has 0 aliphatic heterocycles. The molecule has 0 saturated heterocycles. The van der Waals surface area contributed by atoms with Crippen LogP contribution in [0.2, 0.25) is 0 Å². The van der Waals surface area contributed by atoms with Gasteiger partial charge in [0.25, 0.3) is 0 Å². The predicted molar refractivity (Wildman–Crippen MR) is 68.8 cm³/mol. The summed E-state index contributed by atoms with van der Waals surface area (Å²) >= 11 is 1.75. The minimum absolute atomic E-state index is 0.347. The number of nitrogens with one attached hydrogen (secondary N) is 1. The highest BCUT2D eigenvalue weighted by Gasteiger charge is 2.40. The SMILES string of the molecule is NCC1(CNc2nccc3sccc23)CC1. The zero-order valence-corrected chi connectivity index (χ0v) is 9.89. The molecule has 2 heterocycles. The summed E-state index contributed by atoms with van der Waals surface area (Å²) in [5, 5.41) is 6.77. The lowest BCUT2D eigenvalue weighted by molar-refractivity contribution is 0.555. The van der Waals surface area contributed by atoms with Crippen LogP contribution in [0.5, 0.6) is 0 Å². The molecule has 1 aliphatic carbocycles. The molecule has 1 aliphatic rings. The molecule has 0 aromatic carbocycles. The number of nitrogens with two attached hydrogens (primary N) is 1. The van der Waals surface area contributed by atoms with Crippen LogP contribution < -0.4 is 11.1 Å². The van der Waals surface area contributed by atoms with Crippen LogP contribution in [0.25, 0.3) is 10.1 Å². The standard InChI is InChI=1S/C12H15N3S/c13-7-12(3-4-12)8-15-11-9-2-6-16-10(9)1-5-14-11/h1-2,5-6H,3-4,7-8,13H2,(H,14,15). The van der Waals surface area contributed by atoms with Crippen molar-refractivity contribution in [1.82, 2.24) is 4.98 Å². The van der Waals surface area contributed by atoms with Gasteiger partial charge in [-0.25, -0.2) is 4.98 Å². The average molecular weight is 233 g/mol. The number of pyridine rings is 1. The lowest BCUT2D eigenvalue weighted by Crippen LogP contribution is -2.24. The van der Waals surface area contributed by atoms with Crippen molar-refractivity contribution < 1.29 is 0 Å². The maximum Gasteiger partial charge on any atom is 0.134 e. The van der Waals surface area contributed by atoms with E-state index in [-0.39, 0.29) is 0 Å². The number of anilines is 1. The highest BCUT2D eigenvalue weighted by molar-refractivity contribution is 7.17. The second-order valence-electron chi connectivity index (χ2n) is 4.55. The second kappa shape index (κ2) is 3.71. The van der Waals surface area contributed by atoms with Crippen molar-refractivity contribution in [1.29, 1.82) is 0 Å². The minimum Gasteiger partial charge on any atom is -0.369 e. The summed E-state index contributed by atoms with van der Waals surface area (Å²) < 4.78 is 1.29. The average Bonchev–Trinajstić information content (AvgIpc) is 2.94. The molecule has 2 aromatic rings. The van der Waals surface area contributed by atoms with Crippen molar-refractivity contribution in [2.24, 2.45) is 11.1 Å². The number of nitrogens with zero attached hydrogens (tertiary/aromatic N) is 1. The Labute approximate surface area is 98.7 Å². The van der Waals surface area contributed by atoms with Crippen LogP contribution in [0.3, 0.4) is 0 Å². The number of aromatic nitrogens is 1. The minimum atomic E-state index is 0.347. The van der Waals surface area contributed by atoms with E-state index in [9.17, 15) is 0 Å². The van der Waals surface area contributed by atoms with E-state index >= 15 is 0 Å². The molecule has 3 nitrogen and oxygen atoms in total. The molecule has 0 atom stereocenters. The van der Waals surface area contributed by atoms with E-state index in [0.717, 1.165) is 18.9 Å². The van der Waals surface area contributed by atoms with Crippen molar-refractivity contribution in [2.45, 2.75) is 12.8 Å². The number of hydrogen-bond acceptors (Lipinski definition) is 4. The summed E-state index contributed by atoms with van der Waals surface area (Å²) in [6.45, 7) is 1.73. The second-order valence-corrected chi connectivity index (χ2v) is 5.50. The summed E-state index contributed by atoms with van der Waals surface area (Å²) in [7, 11) is 0. The van der Waals surface area contributed by atoms with Crippen LogP contribution >= 0.6 is 11.3 Å². The summed E-state index contributed by atoms with van der Waals surface area (Å²) in [5.41, 5.74) is 6.11. The number of hydrogen-bond donors (Lipinski definition) is 2. The Morgan fingerprint density at radius 1 is 1.44 bits per heavy atom. The molecule has 0 amide bonds. The van der Waals surface area contributed by atoms with Gasteiger partial charge in [0.1, 0.15) is 5.82 Å². The van der Waals surface area contributed by atoms with Crippen LogP contribution in [0.1, 0.15) is 12.8 Å². The number of thiophene rings is 1. The third-order valence-electron chi connectivity index (χ3n) is 3.40. The number of fused-ring (bicyclic) bond motifs is 1. The molecule has 0 unspecified atom stereocenters. The van der Waals surface area contributed by atoms with E-state index in [4.69, 9.17) is 5.73 Å². The van der Waals surface area contributed by atoms with Gasteiger partial charge in [0, 0.05) is 22.8 Å². The Balaban J connectivity index is 1.81. The normalized spacial score (nSPS) is 17.6. The van der Waals surface area contributed by atoms with Crippen LogP contribution in [0, 0.1) is 5.41 Å². The topological polar surface area (TPSA) is 50.9 Å². The predicted octanol–water partition coefficient (Wildman–Crippen LogP) is 2.45. The monoisotopic (exact) mass is 233 g/mol. The summed E-state index contributed by atoms with van der Waals surface area (Å²) in [4.78, 5) is 4.40. The molecule has 3 rings (SSSR count). The summed E-state index contributed by atoms with van der Waals surface area (Å²) in [6, 6.07) is 4.18. The van der Waals surface area contributed by atoms with E-state index in [0.29, 0.717) is 5.41 Å². The zero-order valence-electron chi connectivity index (χ0n) is 9.07. The fraction of sp³-hybridized carbons (Fsp3) is 0.417. The maximum atomic E-state index is 5.77. The molecule has 84 valence electrons. The highest BCUT2D eigenvalue weighted by Crippen LogP contribution is 2.44. The van der Waals surface area contributed by atoms with Crippen molar-refractivity contribution in [3.8, 4) is 0 Å². The molecule has 16 heavy (non-hydrogen) atoms. The lowest BCUT2D eigenvalue weighted by Gasteiger charge is -2.14. The third kappa shape index (κ3) is 1.68. The first-order chi connectivity index (χ1) is 7.83. The van der Waals surface area contributed by atoms with Crippen molar-refractivity contribution in [3.05, 3.63) is 23.7 Å². The summed E-state index contributed by atoms with van der Waals surface area (Å²) in [5.74, 6) is 0.999. The van der Waals surface area contributed by atoms with Gasteiger partial charge in [0.05, 0.1) is 0 Å². The van der Waals surface area contributed by atoms with Gasteiger partial charge in [-0.15, -0.1) is 11.3 Å². The van der Waals surface area contributed by atoms with E-state index in [2.05, 4.69) is 27.8 Å². The Morgan fingerprint density at radius 2 is 2.31 bits per heavy atom. The molecule has 0 spiro atoms. The maximum absolute atomic E-state index is 5.77. The van der Waals surface area contributed by atoms with Crippen molar-refractivity contribution >= 4 is 27.2 Å². The van der Waals surface area contributed by atoms with Gasteiger partial charge >= 0.3 is 0 Å². The van der Waals surface area contributed by atoms with E-state index in [1.165, 1.54) is 22.9 Å². The van der Waals surface area contributed by atoms with Crippen LogP contribution in [-0.4, -0.2) is 18.1 Å². The van der Waals surface area contributed by atoms with E-state index in [1.54, 1.807) is 11.3 Å². The fourth-order valence-electron chi connectivity index (χ4n) is 1.94. The molecular weight excluding hydrogens is 218 g/mol. The van der Waals surface area contributed by atoms with Gasteiger partial charge in [0.15, 0.2) is 0 Å². The molecule has 1 saturated carbocycles. The molecule has 1 fully saturated rings. The molecule has 2 aromatic heterocycles. The largest absolute Gasteiger partial charge is 0.369 e.